The van der Waals surface area contributed by atoms with Crippen molar-refractivity contribution in [2.75, 3.05) is 6.61 Å². The maximum Gasteiger partial charge on any atom is 0.184 e. The SMILES string of the molecule is C[C@]12C=CC(=O)C=C1CC[C@H]1C3CC=C(C(=O)CO)[C@@]3(C)C[C@H](O)[C@@]12F. The number of aliphatic hydroxyl groups is 2. The summed E-state index contributed by atoms with van der Waals surface area (Å²) in [6.07, 6.45) is 7.03. The Labute approximate surface area is 152 Å². The van der Waals surface area contributed by atoms with Crippen molar-refractivity contribution < 1.29 is 24.2 Å². The van der Waals surface area contributed by atoms with E-state index in [9.17, 15) is 19.8 Å². The van der Waals surface area contributed by atoms with Crippen LogP contribution in [0.4, 0.5) is 4.39 Å². The molecule has 0 radical (unpaired) electrons. The number of ketones is 2. The molecule has 0 aromatic heterocycles. The number of aliphatic hydroxyl groups excluding tert-OH is 2. The summed E-state index contributed by atoms with van der Waals surface area (Å²) >= 11 is 0. The summed E-state index contributed by atoms with van der Waals surface area (Å²) in [6.45, 7) is 3.13. The second kappa shape index (κ2) is 5.46. The maximum atomic E-state index is 16.7. The van der Waals surface area contributed by atoms with E-state index < -0.39 is 35.1 Å². The second-order valence-corrected chi connectivity index (χ2v) is 8.70. The van der Waals surface area contributed by atoms with Crippen LogP contribution < -0.4 is 0 Å². The van der Waals surface area contributed by atoms with Gasteiger partial charge in [0.2, 0.25) is 0 Å². The van der Waals surface area contributed by atoms with Gasteiger partial charge in [0.1, 0.15) is 6.61 Å². The van der Waals surface area contributed by atoms with Gasteiger partial charge in [-0.3, -0.25) is 9.59 Å². The molecule has 0 spiro atoms. The van der Waals surface area contributed by atoms with Gasteiger partial charge in [-0.1, -0.05) is 24.6 Å². The van der Waals surface area contributed by atoms with Crippen molar-refractivity contribution in [3.63, 3.8) is 0 Å². The second-order valence-electron chi connectivity index (χ2n) is 8.70. The third-order valence-corrected chi connectivity index (χ3v) is 7.67. The molecule has 0 aromatic rings. The summed E-state index contributed by atoms with van der Waals surface area (Å²) in [5.74, 6) is -0.963. The molecular formula is C21H25FO4. The minimum Gasteiger partial charge on any atom is -0.390 e. The van der Waals surface area contributed by atoms with E-state index in [-0.39, 0.29) is 23.9 Å². The molecule has 5 heteroatoms. The fourth-order valence-corrected chi connectivity index (χ4v) is 6.30. The summed E-state index contributed by atoms with van der Waals surface area (Å²) in [4.78, 5) is 24.0. The Bertz CT molecular complexity index is 781. The highest BCUT2D eigenvalue weighted by Crippen LogP contribution is 2.67. The first-order valence-electron chi connectivity index (χ1n) is 9.34. The van der Waals surface area contributed by atoms with Crippen LogP contribution in [0.15, 0.2) is 35.5 Å². The van der Waals surface area contributed by atoms with Crippen molar-refractivity contribution in [1.82, 2.24) is 0 Å². The Morgan fingerprint density at radius 1 is 1.35 bits per heavy atom. The van der Waals surface area contributed by atoms with Gasteiger partial charge in [0, 0.05) is 16.7 Å². The summed E-state index contributed by atoms with van der Waals surface area (Å²) in [5, 5.41) is 20.3. The van der Waals surface area contributed by atoms with Gasteiger partial charge in [-0.05, 0) is 56.3 Å². The summed E-state index contributed by atoms with van der Waals surface area (Å²) < 4.78 is 16.7. The summed E-state index contributed by atoms with van der Waals surface area (Å²) in [7, 11) is 0. The average Bonchev–Trinajstić information content (AvgIpc) is 2.93. The van der Waals surface area contributed by atoms with Crippen molar-refractivity contribution in [2.45, 2.75) is 51.3 Å². The quantitative estimate of drug-likeness (QED) is 0.793. The number of rotatable bonds is 2. The molecule has 4 nitrogen and oxygen atoms in total. The van der Waals surface area contributed by atoms with Gasteiger partial charge in [0.15, 0.2) is 17.2 Å². The first-order valence-corrected chi connectivity index (χ1v) is 9.34. The number of alkyl halides is 1. The Hall–Kier alpha value is -1.59. The molecule has 1 unspecified atom stereocenters. The lowest BCUT2D eigenvalue weighted by Crippen LogP contribution is -2.66. The highest BCUT2D eigenvalue weighted by molar-refractivity contribution is 6.01. The topological polar surface area (TPSA) is 74.6 Å². The number of carbonyl (C=O) groups is 2. The number of fused-ring (bicyclic) bond motifs is 5. The molecule has 26 heavy (non-hydrogen) atoms. The largest absolute Gasteiger partial charge is 0.390 e. The molecule has 2 saturated carbocycles. The Balaban J connectivity index is 1.79. The van der Waals surface area contributed by atoms with Crippen LogP contribution in [0.1, 0.15) is 39.5 Å². The van der Waals surface area contributed by atoms with Gasteiger partial charge in [-0.2, -0.15) is 0 Å². The van der Waals surface area contributed by atoms with Crippen molar-refractivity contribution >= 4 is 11.6 Å². The summed E-state index contributed by atoms with van der Waals surface area (Å²) in [5.41, 5.74) is -2.21. The monoisotopic (exact) mass is 360 g/mol. The fraction of sp³-hybridized carbons (Fsp3) is 0.619. The van der Waals surface area contributed by atoms with Gasteiger partial charge >= 0.3 is 0 Å². The van der Waals surface area contributed by atoms with Crippen molar-refractivity contribution in [1.29, 1.82) is 0 Å². The predicted octanol–water partition coefficient (Wildman–Crippen LogP) is 2.45. The lowest BCUT2D eigenvalue weighted by molar-refractivity contribution is -0.185. The van der Waals surface area contributed by atoms with E-state index in [1.165, 1.54) is 12.2 Å². The van der Waals surface area contributed by atoms with E-state index in [4.69, 9.17) is 0 Å². The lowest BCUT2D eigenvalue weighted by atomic mass is 9.45. The first kappa shape index (κ1) is 17.8. The van der Waals surface area contributed by atoms with Crippen LogP contribution in [-0.2, 0) is 9.59 Å². The standard InChI is InChI=1S/C21H25FO4/c1-19-10-18(26)21(22)15(14(19)5-6-16(19)17(25)11-23)4-3-12-9-13(24)7-8-20(12,21)2/h6-9,14-15,18,23,26H,3-5,10-11H2,1-2H3/t14?,15-,18-,19-,20-,21-/m0/s1. The minimum absolute atomic E-state index is 0.0918. The molecule has 0 aromatic carbocycles. The Kier molecular flexibility index (Phi) is 3.74. The molecule has 0 amide bonds. The molecule has 4 rings (SSSR count). The zero-order valence-electron chi connectivity index (χ0n) is 15.2. The van der Waals surface area contributed by atoms with Gasteiger partial charge in [0.05, 0.1) is 6.10 Å². The van der Waals surface area contributed by atoms with Crippen LogP contribution in [0, 0.1) is 22.7 Å². The zero-order valence-corrected chi connectivity index (χ0v) is 15.2. The van der Waals surface area contributed by atoms with Gasteiger partial charge < -0.3 is 10.2 Å². The highest BCUT2D eigenvalue weighted by Gasteiger charge is 2.69. The molecule has 6 atom stereocenters. The molecule has 0 bridgehead atoms. The third kappa shape index (κ3) is 1.96. The van der Waals surface area contributed by atoms with Crippen LogP contribution in [-0.4, -0.2) is 40.2 Å². The molecule has 0 saturated heterocycles. The van der Waals surface area contributed by atoms with Crippen LogP contribution >= 0.6 is 0 Å². The molecule has 2 fully saturated rings. The molecule has 0 heterocycles. The molecule has 2 N–H and O–H groups in total. The van der Waals surface area contributed by atoms with Crippen molar-refractivity contribution in [2.24, 2.45) is 22.7 Å². The van der Waals surface area contributed by atoms with Crippen LogP contribution in [0.2, 0.25) is 0 Å². The maximum absolute atomic E-state index is 16.7. The lowest BCUT2D eigenvalue weighted by Gasteiger charge is -2.61. The van der Waals surface area contributed by atoms with E-state index in [2.05, 4.69) is 0 Å². The van der Waals surface area contributed by atoms with E-state index in [1.807, 2.05) is 13.0 Å². The van der Waals surface area contributed by atoms with Crippen LogP contribution in [0.5, 0.6) is 0 Å². The number of Topliss-reactive ketones (excluding diaryl/α,β-unsaturated/α-hetero) is 1. The van der Waals surface area contributed by atoms with Crippen molar-refractivity contribution in [3.8, 4) is 0 Å². The molecule has 4 aliphatic carbocycles. The van der Waals surface area contributed by atoms with E-state index in [1.54, 1.807) is 13.0 Å². The zero-order chi connectivity index (χ0) is 18.9. The normalized spacial score (nSPS) is 46.8. The van der Waals surface area contributed by atoms with E-state index in [0.717, 1.165) is 5.57 Å². The number of carbonyl (C=O) groups excluding carboxylic acids is 2. The Morgan fingerprint density at radius 2 is 2.08 bits per heavy atom. The number of hydrogen-bond acceptors (Lipinski definition) is 4. The Morgan fingerprint density at radius 3 is 2.77 bits per heavy atom. The van der Waals surface area contributed by atoms with Crippen LogP contribution in [0.3, 0.4) is 0 Å². The van der Waals surface area contributed by atoms with E-state index >= 15 is 4.39 Å². The fourth-order valence-electron chi connectivity index (χ4n) is 6.30. The summed E-state index contributed by atoms with van der Waals surface area (Å²) in [6, 6.07) is 0. The smallest absolute Gasteiger partial charge is 0.184 e. The minimum atomic E-state index is -1.87. The van der Waals surface area contributed by atoms with Gasteiger partial charge in [0.25, 0.3) is 0 Å². The highest BCUT2D eigenvalue weighted by atomic mass is 19.1. The predicted molar refractivity (Wildman–Crippen MR) is 93.9 cm³/mol. The van der Waals surface area contributed by atoms with Gasteiger partial charge in [-0.25, -0.2) is 4.39 Å². The van der Waals surface area contributed by atoms with Crippen molar-refractivity contribution in [3.05, 3.63) is 35.5 Å². The third-order valence-electron chi connectivity index (χ3n) is 7.67. The molecular weight excluding hydrogens is 335 g/mol. The van der Waals surface area contributed by atoms with Crippen LogP contribution in [0.25, 0.3) is 0 Å². The molecule has 140 valence electrons. The number of allylic oxidation sites excluding steroid dienone is 5. The van der Waals surface area contributed by atoms with E-state index in [0.29, 0.717) is 24.8 Å². The first-order chi connectivity index (χ1) is 12.2. The average molecular weight is 360 g/mol. The molecule has 0 aliphatic heterocycles. The van der Waals surface area contributed by atoms with Gasteiger partial charge in [-0.15, -0.1) is 0 Å². The number of hydrogen-bond donors (Lipinski definition) is 2. The molecule has 4 aliphatic rings. The number of halogens is 1.